The van der Waals surface area contributed by atoms with Crippen LogP contribution in [0.3, 0.4) is 0 Å². The van der Waals surface area contributed by atoms with Crippen LogP contribution >= 0.6 is 15.9 Å². The highest BCUT2D eigenvalue weighted by molar-refractivity contribution is 9.10. The van der Waals surface area contributed by atoms with E-state index in [9.17, 15) is 4.79 Å². The van der Waals surface area contributed by atoms with Gasteiger partial charge in [0.25, 0.3) is 0 Å². The third kappa shape index (κ3) is 3.32. The first-order chi connectivity index (χ1) is 7.56. The smallest absolute Gasteiger partial charge is 0.237 e. The molecule has 4 heteroatoms. The van der Waals surface area contributed by atoms with Crippen LogP contribution in [0.1, 0.15) is 31.9 Å². The van der Waals surface area contributed by atoms with E-state index in [1.165, 1.54) is 0 Å². The maximum atomic E-state index is 11.6. The number of amides is 1. The van der Waals surface area contributed by atoms with Crippen LogP contribution < -0.4 is 11.1 Å². The second-order valence-corrected chi connectivity index (χ2v) is 4.62. The summed E-state index contributed by atoms with van der Waals surface area (Å²) < 4.78 is 0.993. The second kappa shape index (κ2) is 6.01. The summed E-state index contributed by atoms with van der Waals surface area (Å²) in [4.78, 5) is 11.6. The Morgan fingerprint density at radius 3 is 2.69 bits per heavy atom. The zero-order valence-corrected chi connectivity index (χ0v) is 11.1. The van der Waals surface area contributed by atoms with E-state index in [0.29, 0.717) is 6.42 Å². The molecular formula is C12H17BrN2O. The van der Waals surface area contributed by atoms with E-state index in [2.05, 4.69) is 21.2 Å². The summed E-state index contributed by atoms with van der Waals surface area (Å²) in [5, 5.41) is 2.89. The van der Waals surface area contributed by atoms with Crippen molar-refractivity contribution < 1.29 is 4.79 Å². The Morgan fingerprint density at radius 2 is 2.12 bits per heavy atom. The van der Waals surface area contributed by atoms with Crippen LogP contribution in [-0.2, 0) is 4.79 Å². The summed E-state index contributed by atoms with van der Waals surface area (Å²) in [7, 11) is 0. The Hall–Kier alpha value is -0.870. The van der Waals surface area contributed by atoms with Gasteiger partial charge in [-0.25, -0.2) is 0 Å². The molecule has 88 valence electrons. The molecule has 1 rings (SSSR count). The number of benzene rings is 1. The lowest BCUT2D eigenvalue weighted by molar-refractivity contribution is -0.123. The van der Waals surface area contributed by atoms with Gasteiger partial charge in [-0.15, -0.1) is 0 Å². The van der Waals surface area contributed by atoms with Crippen molar-refractivity contribution in [2.24, 2.45) is 5.73 Å². The van der Waals surface area contributed by atoms with E-state index in [1.807, 2.05) is 38.1 Å². The Morgan fingerprint density at radius 1 is 1.50 bits per heavy atom. The van der Waals surface area contributed by atoms with E-state index < -0.39 is 6.04 Å². The van der Waals surface area contributed by atoms with Crippen LogP contribution in [0, 0.1) is 0 Å². The first kappa shape index (κ1) is 13.2. The monoisotopic (exact) mass is 284 g/mol. The lowest BCUT2D eigenvalue weighted by Crippen LogP contribution is -2.41. The summed E-state index contributed by atoms with van der Waals surface area (Å²) in [6.07, 6.45) is 0.647. The zero-order valence-electron chi connectivity index (χ0n) is 9.53. The minimum Gasteiger partial charge on any atom is -0.348 e. The molecule has 0 aliphatic rings. The third-order valence-electron chi connectivity index (χ3n) is 2.51. The molecule has 0 heterocycles. The number of halogens is 1. The van der Waals surface area contributed by atoms with Crippen molar-refractivity contribution in [1.29, 1.82) is 0 Å². The van der Waals surface area contributed by atoms with Gasteiger partial charge in [-0.3, -0.25) is 4.79 Å². The van der Waals surface area contributed by atoms with Crippen LogP contribution in [-0.4, -0.2) is 11.9 Å². The molecule has 0 fully saturated rings. The van der Waals surface area contributed by atoms with Gasteiger partial charge < -0.3 is 11.1 Å². The summed E-state index contributed by atoms with van der Waals surface area (Å²) in [6, 6.07) is 7.36. The van der Waals surface area contributed by atoms with Crippen molar-refractivity contribution in [1.82, 2.24) is 5.32 Å². The van der Waals surface area contributed by atoms with E-state index in [1.54, 1.807) is 0 Å². The van der Waals surface area contributed by atoms with Crippen LogP contribution in [0.2, 0.25) is 0 Å². The molecule has 0 spiro atoms. The van der Waals surface area contributed by atoms with Crippen LogP contribution in [0.15, 0.2) is 28.7 Å². The predicted molar refractivity (Wildman–Crippen MR) is 69.0 cm³/mol. The average molecular weight is 285 g/mol. The lowest BCUT2D eigenvalue weighted by atomic mass is 10.1. The molecule has 3 nitrogen and oxygen atoms in total. The van der Waals surface area contributed by atoms with E-state index in [4.69, 9.17) is 5.73 Å². The summed E-state index contributed by atoms with van der Waals surface area (Å²) in [5.41, 5.74) is 6.71. The topological polar surface area (TPSA) is 55.1 Å². The molecule has 0 saturated heterocycles. The molecule has 2 atom stereocenters. The van der Waals surface area contributed by atoms with Gasteiger partial charge in [-0.1, -0.05) is 41.1 Å². The predicted octanol–water partition coefficient (Wildman–Crippen LogP) is 2.36. The van der Waals surface area contributed by atoms with Crippen molar-refractivity contribution in [2.45, 2.75) is 32.4 Å². The fraction of sp³-hybridized carbons (Fsp3) is 0.417. The summed E-state index contributed by atoms with van der Waals surface area (Å²) in [5.74, 6) is -0.106. The number of hydrogen-bond acceptors (Lipinski definition) is 2. The van der Waals surface area contributed by atoms with Gasteiger partial charge in [0.05, 0.1) is 12.1 Å². The molecule has 1 aromatic rings. The summed E-state index contributed by atoms with van der Waals surface area (Å²) >= 11 is 3.46. The largest absolute Gasteiger partial charge is 0.348 e. The lowest BCUT2D eigenvalue weighted by Gasteiger charge is -2.18. The Kier molecular flexibility index (Phi) is 4.96. The zero-order chi connectivity index (χ0) is 12.1. The fourth-order valence-corrected chi connectivity index (χ4v) is 2.04. The molecule has 0 saturated carbocycles. The molecule has 0 aliphatic carbocycles. The van der Waals surface area contributed by atoms with Crippen molar-refractivity contribution in [3.05, 3.63) is 34.3 Å². The SMILES string of the molecule is CC[C@H](N)C(=O)N[C@@H](C)c1ccccc1Br. The molecular weight excluding hydrogens is 268 g/mol. The van der Waals surface area contributed by atoms with Crippen LogP contribution in [0.5, 0.6) is 0 Å². The normalized spacial score (nSPS) is 14.2. The molecule has 16 heavy (non-hydrogen) atoms. The molecule has 0 aromatic heterocycles. The fourth-order valence-electron chi connectivity index (χ4n) is 1.41. The van der Waals surface area contributed by atoms with Gasteiger partial charge >= 0.3 is 0 Å². The molecule has 0 aliphatic heterocycles. The molecule has 0 radical (unpaired) electrons. The molecule has 0 unspecified atom stereocenters. The number of nitrogens with one attached hydrogen (secondary N) is 1. The van der Waals surface area contributed by atoms with Gasteiger partial charge in [0.15, 0.2) is 0 Å². The number of nitrogens with two attached hydrogens (primary N) is 1. The number of hydrogen-bond donors (Lipinski definition) is 2. The maximum absolute atomic E-state index is 11.6. The second-order valence-electron chi connectivity index (χ2n) is 3.77. The quantitative estimate of drug-likeness (QED) is 0.892. The van der Waals surface area contributed by atoms with Crippen LogP contribution in [0.4, 0.5) is 0 Å². The molecule has 3 N–H and O–H groups in total. The Balaban J connectivity index is 2.69. The highest BCUT2D eigenvalue weighted by Gasteiger charge is 2.15. The van der Waals surface area contributed by atoms with Gasteiger partial charge in [-0.05, 0) is 25.0 Å². The van der Waals surface area contributed by atoms with Gasteiger partial charge in [0.2, 0.25) is 5.91 Å². The number of carbonyl (C=O) groups excluding carboxylic acids is 1. The molecule has 1 amide bonds. The van der Waals surface area contributed by atoms with Crippen LogP contribution in [0.25, 0.3) is 0 Å². The van der Waals surface area contributed by atoms with Crippen molar-refractivity contribution in [2.75, 3.05) is 0 Å². The van der Waals surface area contributed by atoms with E-state index in [0.717, 1.165) is 10.0 Å². The highest BCUT2D eigenvalue weighted by Crippen LogP contribution is 2.22. The van der Waals surface area contributed by atoms with Crippen molar-refractivity contribution >= 4 is 21.8 Å². The highest BCUT2D eigenvalue weighted by atomic mass is 79.9. The first-order valence-electron chi connectivity index (χ1n) is 5.36. The number of rotatable bonds is 4. The van der Waals surface area contributed by atoms with E-state index >= 15 is 0 Å². The van der Waals surface area contributed by atoms with E-state index in [-0.39, 0.29) is 11.9 Å². The minimum atomic E-state index is -0.426. The van der Waals surface area contributed by atoms with Gasteiger partial charge in [-0.2, -0.15) is 0 Å². The molecule has 0 bridgehead atoms. The standard InChI is InChI=1S/C12H17BrN2O/c1-3-11(14)12(16)15-8(2)9-6-4-5-7-10(9)13/h4-8,11H,3,14H2,1-2H3,(H,15,16)/t8-,11-/m0/s1. The van der Waals surface area contributed by atoms with Gasteiger partial charge in [0.1, 0.15) is 0 Å². The molecule has 1 aromatic carbocycles. The van der Waals surface area contributed by atoms with Crippen molar-refractivity contribution in [3.8, 4) is 0 Å². The Bertz CT molecular complexity index is 368. The third-order valence-corrected chi connectivity index (χ3v) is 3.23. The van der Waals surface area contributed by atoms with Gasteiger partial charge in [0, 0.05) is 4.47 Å². The van der Waals surface area contributed by atoms with Crippen molar-refractivity contribution in [3.63, 3.8) is 0 Å². The summed E-state index contributed by atoms with van der Waals surface area (Å²) in [6.45, 7) is 3.84. The Labute approximate surface area is 105 Å². The number of carbonyl (C=O) groups is 1. The first-order valence-corrected chi connectivity index (χ1v) is 6.16. The minimum absolute atomic E-state index is 0.0410. The average Bonchev–Trinajstić information content (AvgIpc) is 2.28. The maximum Gasteiger partial charge on any atom is 0.237 e.